The third kappa shape index (κ3) is 4.70. The number of rotatable bonds is 5. The summed E-state index contributed by atoms with van der Waals surface area (Å²) in [5.41, 5.74) is 6.39. The number of nitrogen functional groups attached to an aromatic ring is 1. The van der Waals surface area contributed by atoms with Gasteiger partial charge in [-0.25, -0.2) is 4.98 Å². The number of anilines is 1. The lowest BCUT2D eigenvalue weighted by Crippen LogP contribution is -2.41. The Labute approximate surface area is 151 Å². The lowest BCUT2D eigenvalue weighted by molar-refractivity contribution is -0.136. The molecular formula is C17H26N4O3S. The summed E-state index contributed by atoms with van der Waals surface area (Å²) in [4.78, 5) is 30.8. The Kier molecular flexibility index (Phi) is 5.90. The molecule has 1 saturated heterocycles. The van der Waals surface area contributed by atoms with E-state index < -0.39 is 6.10 Å². The number of thiazole rings is 1. The Morgan fingerprint density at radius 2 is 2.08 bits per heavy atom. The highest BCUT2D eigenvalue weighted by atomic mass is 32.1. The Morgan fingerprint density at radius 1 is 1.32 bits per heavy atom. The number of aromatic nitrogens is 1. The molecule has 138 valence electrons. The molecule has 0 unspecified atom stereocenters. The van der Waals surface area contributed by atoms with E-state index >= 15 is 0 Å². The molecule has 1 aromatic heterocycles. The van der Waals surface area contributed by atoms with E-state index in [0.717, 1.165) is 31.6 Å². The van der Waals surface area contributed by atoms with E-state index in [0.29, 0.717) is 30.8 Å². The van der Waals surface area contributed by atoms with E-state index in [1.807, 2.05) is 10.3 Å². The Hall–Kier alpha value is -1.67. The molecule has 0 spiro atoms. The zero-order chi connectivity index (χ0) is 17.8. The van der Waals surface area contributed by atoms with Gasteiger partial charge in [-0.05, 0) is 38.5 Å². The summed E-state index contributed by atoms with van der Waals surface area (Å²) in [5, 5.41) is 15.5. The number of hydrogen-bond acceptors (Lipinski definition) is 6. The molecule has 0 bridgehead atoms. The minimum Gasteiger partial charge on any atom is -0.391 e. The molecule has 25 heavy (non-hydrogen) atoms. The van der Waals surface area contributed by atoms with Gasteiger partial charge in [0.1, 0.15) is 0 Å². The van der Waals surface area contributed by atoms with Crippen LogP contribution < -0.4 is 11.1 Å². The molecule has 1 saturated carbocycles. The number of nitrogens with one attached hydrogen (secondary N) is 1. The molecule has 8 heteroatoms. The van der Waals surface area contributed by atoms with Gasteiger partial charge in [0.2, 0.25) is 11.8 Å². The van der Waals surface area contributed by atoms with Gasteiger partial charge in [0.15, 0.2) is 5.13 Å². The molecule has 7 nitrogen and oxygen atoms in total. The maximum Gasteiger partial charge on any atom is 0.225 e. The molecule has 0 radical (unpaired) electrons. The van der Waals surface area contributed by atoms with Gasteiger partial charge in [-0.3, -0.25) is 9.59 Å². The first-order valence-electron chi connectivity index (χ1n) is 8.99. The first-order chi connectivity index (χ1) is 12.0. The summed E-state index contributed by atoms with van der Waals surface area (Å²) >= 11 is 1.36. The second-order valence-electron chi connectivity index (χ2n) is 6.97. The summed E-state index contributed by atoms with van der Waals surface area (Å²) in [5.74, 6) is -0.174. The van der Waals surface area contributed by atoms with E-state index in [1.54, 1.807) is 0 Å². The zero-order valence-electron chi connectivity index (χ0n) is 14.3. The molecular weight excluding hydrogens is 340 g/mol. The third-order valence-electron chi connectivity index (χ3n) is 5.07. The van der Waals surface area contributed by atoms with Gasteiger partial charge < -0.3 is 21.1 Å². The van der Waals surface area contributed by atoms with Crippen molar-refractivity contribution in [1.82, 2.24) is 15.2 Å². The van der Waals surface area contributed by atoms with Gasteiger partial charge in [-0.1, -0.05) is 0 Å². The van der Waals surface area contributed by atoms with E-state index in [2.05, 4.69) is 10.3 Å². The number of carbonyl (C=O) groups is 2. The van der Waals surface area contributed by atoms with Crippen LogP contribution in [-0.4, -0.2) is 52.0 Å². The van der Waals surface area contributed by atoms with Crippen LogP contribution >= 0.6 is 11.3 Å². The smallest absolute Gasteiger partial charge is 0.225 e. The van der Waals surface area contributed by atoms with Gasteiger partial charge in [0, 0.05) is 30.8 Å². The molecule has 1 aliphatic heterocycles. The van der Waals surface area contributed by atoms with Crippen molar-refractivity contribution in [1.29, 1.82) is 0 Å². The highest BCUT2D eigenvalue weighted by Gasteiger charge is 2.39. The fourth-order valence-electron chi connectivity index (χ4n) is 3.70. The molecule has 1 aliphatic carbocycles. The first kappa shape index (κ1) is 18.1. The molecule has 2 amide bonds. The number of piperidine rings is 1. The maximum absolute atomic E-state index is 12.6. The number of amides is 2. The fraction of sp³-hybridized carbons (Fsp3) is 0.706. The molecule has 2 heterocycles. The van der Waals surface area contributed by atoms with Crippen molar-refractivity contribution in [2.75, 3.05) is 18.8 Å². The minimum absolute atomic E-state index is 0.123. The number of aryl methyl sites for hydroxylation is 1. The van der Waals surface area contributed by atoms with Gasteiger partial charge in [0.05, 0.1) is 17.8 Å². The van der Waals surface area contributed by atoms with Crippen molar-refractivity contribution in [3.63, 3.8) is 0 Å². The molecule has 4 N–H and O–H groups in total. The minimum atomic E-state index is -0.655. The standard InChI is InChI=1S/C17H26N4O3S/c18-17-19-12(10-25-17)4-5-15(23)20-13-8-11(9-14(13)22)16(24)21-6-2-1-3-7-21/h10-11,13-14,22H,1-9H2,(H2,18,19)(H,20,23)/t11-,13-,14-/m0/s1. The van der Waals surface area contributed by atoms with Crippen molar-refractivity contribution < 1.29 is 14.7 Å². The molecule has 0 aromatic carbocycles. The van der Waals surface area contributed by atoms with E-state index in [9.17, 15) is 14.7 Å². The van der Waals surface area contributed by atoms with Gasteiger partial charge in [-0.2, -0.15) is 0 Å². The largest absolute Gasteiger partial charge is 0.391 e. The second-order valence-corrected chi connectivity index (χ2v) is 7.86. The zero-order valence-corrected chi connectivity index (χ0v) is 15.1. The Bertz CT molecular complexity index is 615. The van der Waals surface area contributed by atoms with Crippen LogP contribution in [0.3, 0.4) is 0 Å². The number of aliphatic hydroxyl groups is 1. The average molecular weight is 366 g/mol. The van der Waals surface area contributed by atoms with Crippen LogP contribution in [0.2, 0.25) is 0 Å². The average Bonchev–Trinajstić information content (AvgIpc) is 3.19. The predicted molar refractivity (Wildman–Crippen MR) is 95.9 cm³/mol. The van der Waals surface area contributed by atoms with Gasteiger partial charge in [0.25, 0.3) is 0 Å². The topological polar surface area (TPSA) is 109 Å². The quantitative estimate of drug-likeness (QED) is 0.718. The van der Waals surface area contributed by atoms with Gasteiger partial charge in [-0.15, -0.1) is 11.3 Å². The lowest BCUT2D eigenvalue weighted by Gasteiger charge is -2.29. The SMILES string of the molecule is Nc1nc(CCC(=O)N[C@H]2C[C@H](C(=O)N3CCCCC3)C[C@@H]2O)cs1. The second kappa shape index (κ2) is 8.14. The van der Waals surface area contributed by atoms with Crippen LogP contribution in [0.15, 0.2) is 5.38 Å². The van der Waals surface area contributed by atoms with E-state index in [4.69, 9.17) is 5.73 Å². The van der Waals surface area contributed by atoms with Crippen LogP contribution in [0, 0.1) is 5.92 Å². The molecule has 3 rings (SSSR count). The highest BCUT2D eigenvalue weighted by molar-refractivity contribution is 7.13. The summed E-state index contributed by atoms with van der Waals surface area (Å²) in [6.07, 6.45) is 4.42. The normalized spacial score (nSPS) is 26.6. The summed E-state index contributed by atoms with van der Waals surface area (Å²) < 4.78 is 0. The summed E-state index contributed by atoms with van der Waals surface area (Å²) in [7, 11) is 0. The Balaban J connectivity index is 1.46. The number of nitrogens with two attached hydrogens (primary N) is 1. The third-order valence-corrected chi connectivity index (χ3v) is 5.79. The van der Waals surface area contributed by atoms with E-state index in [-0.39, 0.29) is 23.8 Å². The van der Waals surface area contributed by atoms with Crippen LogP contribution in [0.5, 0.6) is 0 Å². The van der Waals surface area contributed by atoms with Crippen LogP contribution in [0.25, 0.3) is 0 Å². The number of nitrogens with zero attached hydrogens (tertiary/aromatic N) is 2. The molecule has 1 aromatic rings. The molecule has 3 atom stereocenters. The van der Waals surface area contributed by atoms with Crippen molar-refractivity contribution in [3.8, 4) is 0 Å². The fourth-order valence-corrected chi connectivity index (χ4v) is 4.30. The predicted octanol–water partition coefficient (Wildman–Crippen LogP) is 0.926. The number of carbonyl (C=O) groups excluding carboxylic acids is 2. The van der Waals surface area contributed by atoms with Crippen LogP contribution in [0.1, 0.15) is 44.2 Å². The van der Waals surface area contributed by atoms with Crippen molar-refractivity contribution >= 4 is 28.3 Å². The van der Waals surface area contributed by atoms with Crippen molar-refractivity contribution in [3.05, 3.63) is 11.1 Å². The summed E-state index contributed by atoms with van der Waals surface area (Å²) in [6, 6.07) is -0.341. The van der Waals surface area contributed by atoms with Crippen LogP contribution in [-0.2, 0) is 16.0 Å². The highest BCUT2D eigenvalue weighted by Crippen LogP contribution is 2.29. The molecule has 2 fully saturated rings. The number of aliphatic hydroxyl groups excluding tert-OH is 1. The number of likely N-dealkylation sites (tertiary alicyclic amines) is 1. The lowest BCUT2D eigenvalue weighted by atomic mass is 10.0. The number of hydrogen-bond donors (Lipinski definition) is 3. The van der Waals surface area contributed by atoms with E-state index in [1.165, 1.54) is 17.8 Å². The molecule has 2 aliphatic rings. The Morgan fingerprint density at radius 3 is 2.76 bits per heavy atom. The van der Waals surface area contributed by atoms with Gasteiger partial charge >= 0.3 is 0 Å². The first-order valence-corrected chi connectivity index (χ1v) is 9.87. The monoisotopic (exact) mass is 366 g/mol. The van der Waals surface area contributed by atoms with Crippen LogP contribution in [0.4, 0.5) is 5.13 Å². The van der Waals surface area contributed by atoms with Crippen molar-refractivity contribution in [2.24, 2.45) is 5.92 Å². The van der Waals surface area contributed by atoms with Crippen molar-refractivity contribution in [2.45, 2.75) is 57.1 Å². The summed E-state index contributed by atoms with van der Waals surface area (Å²) in [6.45, 7) is 1.64. The maximum atomic E-state index is 12.6.